The summed E-state index contributed by atoms with van der Waals surface area (Å²) >= 11 is 0. The van der Waals surface area contributed by atoms with Crippen molar-refractivity contribution in [3.05, 3.63) is 59.9 Å². The minimum Gasteiger partial charge on any atom is -0.508 e. The van der Waals surface area contributed by atoms with Gasteiger partial charge in [0, 0.05) is 46.3 Å². The maximum absolute atomic E-state index is 12.6. The number of hydrogen-bond donors (Lipinski definition) is 5. The highest BCUT2D eigenvalue weighted by atomic mass is 16.3. The molecule has 134 valence electrons. The standard InChI is InChI=1S/C20H15N3O4/c24-9-1-3-11-13(7-21-15(11)5-9)17-18(20(27)23-19(17)26)14-8-22-16-6-10(25)2-4-12(14)16/h1-8,17-18,21-22,24-25H,(H,23,26,27)/t17-,18+. The van der Waals surface area contributed by atoms with Gasteiger partial charge in [0.2, 0.25) is 11.8 Å². The SMILES string of the molecule is O=C1NC(=O)[C@@H](c2c[nH]c3cc(O)ccc23)[C@H]1c1c[nH]c2cc(O)ccc12. The van der Waals surface area contributed by atoms with Gasteiger partial charge in [0.15, 0.2) is 0 Å². The first-order chi connectivity index (χ1) is 13.0. The van der Waals surface area contributed by atoms with Gasteiger partial charge in [-0.1, -0.05) is 0 Å². The van der Waals surface area contributed by atoms with E-state index in [0.29, 0.717) is 22.2 Å². The number of H-pyrrole nitrogens is 2. The number of rotatable bonds is 2. The van der Waals surface area contributed by atoms with E-state index in [2.05, 4.69) is 15.3 Å². The van der Waals surface area contributed by atoms with Crippen molar-refractivity contribution in [1.82, 2.24) is 15.3 Å². The zero-order valence-corrected chi connectivity index (χ0v) is 14.0. The molecule has 1 fully saturated rings. The molecular weight excluding hydrogens is 346 g/mol. The first-order valence-electron chi connectivity index (χ1n) is 8.47. The van der Waals surface area contributed by atoms with Crippen LogP contribution < -0.4 is 5.32 Å². The number of fused-ring (bicyclic) bond motifs is 2. The number of benzene rings is 2. The minimum atomic E-state index is -0.691. The lowest BCUT2D eigenvalue weighted by Gasteiger charge is -2.15. The third-order valence-corrected chi connectivity index (χ3v) is 5.21. The van der Waals surface area contributed by atoms with Crippen molar-refractivity contribution < 1.29 is 19.8 Å². The molecule has 0 spiro atoms. The number of imide groups is 1. The van der Waals surface area contributed by atoms with Crippen molar-refractivity contribution in [1.29, 1.82) is 0 Å². The Balaban J connectivity index is 1.69. The van der Waals surface area contributed by atoms with Gasteiger partial charge in [-0.15, -0.1) is 0 Å². The van der Waals surface area contributed by atoms with Crippen molar-refractivity contribution in [2.45, 2.75) is 11.8 Å². The fraction of sp³-hybridized carbons (Fsp3) is 0.100. The Morgan fingerprint density at radius 1 is 0.704 bits per heavy atom. The molecule has 2 amide bonds. The molecule has 5 N–H and O–H groups in total. The predicted molar refractivity (Wildman–Crippen MR) is 98.6 cm³/mol. The molecule has 2 aromatic carbocycles. The summed E-state index contributed by atoms with van der Waals surface area (Å²) in [6, 6.07) is 9.73. The number of amides is 2. The number of phenols is 2. The summed E-state index contributed by atoms with van der Waals surface area (Å²) in [6.07, 6.45) is 3.42. The van der Waals surface area contributed by atoms with Crippen molar-refractivity contribution >= 4 is 33.6 Å². The first kappa shape index (κ1) is 15.5. The number of aromatic nitrogens is 2. The lowest BCUT2D eigenvalue weighted by atomic mass is 9.83. The van der Waals surface area contributed by atoms with Crippen LogP contribution in [0, 0.1) is 0 Å². The molecule has 2 atom stereocenters. The fourth-order valence-corrected chi connectivity index (χ4v) is 4.01. The maximum Gasteiger partial charge on any atom is 0.235 e. The Morgan fingerprint density at radius 2 is 1.15 bits per heavy atom. The number of phenolic OH excluding ortho intramolecular Hbond substituents is 2. The molecule has 0 radical (unpaired) electrons. The molecule has 7 heteroatoms. The highest BCUT2D eigenvalue weighted by Crippen LogP contribution is 2.43. The summed E-state index contributed by atoms with van der Waals surface area (Å²) in [6.45, 7) is 0. The Labute approximate surface area is 152 Å². The van der Waals surface area contributed by atoms with Gasteiger partial charge in [0.1, 0.15) is 11.5 Å². The fourth-order valence-electron chi connectivity index (χ4n) is 4.01. The highest BCUT2D eigenvalue weighted by Gasteiger charge is 2.45. The molecule has 27 heavy (non-hydrogen) atoms. The lowest BCUT2D eigenvalue weighted by molar-refractivity contribution is -0.125. The number of carbonyl (C=O) groups is 2. The normalized spacial score (nSPS) is 19.9. The van der Waals surface area contributed by atoms with Gasteiger partial charge >= 0.3 is 0 Å². The second kappa shape index (κ2) is 5.38. The van der Waals surface area contributed by atoms with E-state index in [4.69, 9.17) is 0 Å². The van der Waals surface area contributed by atoms with E-state index in [-0.39, 0.29) is 23.3 Å². The molecule has 5 rings (SSSR count). The molecule has 1 saturated heterocycles. The third-order valence-electron chi connectivity index (χ3n) is 5.21. The van der Waals surface area contributed by atoms with Gasteiger partial charge in [-0.3, -0.25) is 14.9 Å². The Morgan fingerprint density at radius 3 is 1.59 bits per heavy atom. The second-order valence-corrected chi connectivity index (χ2v) is 6.76. The van der Waals surface area contributed by atoms with Crippen LogP contribution in [0.15, 0.2) is 48.8 Å². The Hall–Kier alpha value is -3.74. The first-order valence-corrected chi connectivity index (χ1v) is 8.47. The quantitative estimate of drug-likeness (QED) is 0.353. The molecule has 0 saturated carbocycles. The van der Waals surface area contributed by atoms with Crippen molar-refractivity contribution in [2.75, 3.05) is 0 Å². The van der Waals surface area contributed by atoms with Crippen molar-refractivity contribution in [3.8, 4) is 11.5 Å². The second-order valence-electron chi connectivity index (χ2n) is 6.76. The van der Waals surface area contributed by atoms with Gasteiger partial charge in [0.25, 0.3) is 0 Å². The molecular formula is C20H15N3O4. The van der Waals surface area contributed by atoms with E-state index in [0.717, 1.165) is 10.8 Å². The lowest BCUT2D eigenvalue weighted by Crippen LogP contribution is -2.21. The van der Waals surface area contributed by atoms with Crippen molar-refractivity contribution in [3.63, 3.8) is 0 Å². The van der Waals surface area contributed by atoms with E-state index in [1.54, 1.807) is 48.8 Å². The Kier molecular flexibility index (Phi) is 3.09. The summed E-state index contributed by atoms with van der Waals surface area (Å²) in [7, 11) is 0. The monoisotopic (exact) mass is 361 g/mol. The third kappa shape index (κ3) is 2.21. The summed E-state index contributed by atoms with van der Waals surface area (Å²) < 4.78 is 0. The van der Waals surface area contributed by atoms with Crippen LogP contribution in [0.1, 0.15) is 23.0 Å². The van der Waals surface area contributed by atoms with Gasteiger partial charge in [-0.25, -0.2) is 0 Å². The summed E-state index contributed by atoms with van der Waals surface area (Å²) in [5.41, 5.74) is 2.79. The van der Waals surface area contributed by atoms with E-state index >= 15 is 0 Å². The van der Waals surface area contributed by atoms with E-state index in [9.17, 15) is 19.8 Å². The molecule has 1 aliphatic rings. The summed E-state index contributed by atoms with van der Waals surface area (Å²) in [5.74, 6) is -1.85. The zero-order valence-electron chi connectivity index (χ0n) is 14.0. The van der Waals surface area contributed by atoms with Crippen LogP contribution in [0.3, 0.4) is 0 Å². The van der Waals surface area contributed by atoms with E-state index in [1.165, 1.54) is 0 Å². The average Bonchev–Trinajstić information content (AvgIpc) is 3.29. The average molecular weight is 361 g/mol. The molecule has 0 unspecified atom stereocenters. The molecule has 3 heterocycles. The van der Waals surface area contributed by atoms with Crippen LogP contribution in [-0.2, 0) is 9.59 Å². The van der Waals surface area contributed by atoms with Gasteiger partial charge < -0.3 is 20.2 Å². The molecule has 1 aliphatic heterocycles. The van der Waals surface area contributed by atoms with Gasteiger partial charge in [-0.2, -0.15) is 0 Å². The highest BCUT2D eigenvalue weighted by molar-refractivity contribution is 6.13. The van der Waals surface area contributed by atoms with Crippen LogP contribution in [0.25, 0.3) is 21.8 Å². The number of aromatic amines is 2. The topological polar surface area (TPSA) is 118 Å². The van der Waals surface area contributed by atoms with E-state index < -0.39 is 11.8 Å². The number of carbonyl (C=O) groups excluding carboxylic acids is 2. The van der Waals surface area contributed by atoms with E-state index in [1.807, 2.05) is 0 Å². The van der Waals surface area contributed by atoms with Crippen molar-refractivity contribution in [2.24, 2.45) is 0 Å². The van der Waals surface area contributed by atoms with Crippen LogP contribution in [0.5, 0.6) is 11.5 Å². The molecule has 7 nitrogen and oxygen atoms in total. The van der Waals surface area contributed by atoms with Crippen LogP contribution in [0.2, 0.25) is 0 Å². The predicted octanol–water partition coefficient (Wildman–Crippen LogP) is 2.58. The van der Waals surface area contributed by atoms with Crippen LogP contribution >= 0.6 is 0 Å². The largest absolute Gasteiger partial charge is 0.508 e. The zero-order chi connectivity index (χ0) is 18.7. The number of nitrogens with one attached hydrogen (secondary N) is 3. The maximum atomic E-state index is 12.6. The smallest absolute Gasteiger partial charge is 0.235 e. The summed E-state index contributed by atoms with van der Waals surface area (Å²) in [5, 5.41) is 23.3. The number of aromatic hydroxyl groups is 2. The van der Waals surface area contributed by atoms with Gasteiger partial charge in [0.05, 0.1) is 11.8 Å². The van der Waals surface area contributed by atoms with Gasteiger partial charge in [-0.05, 0) is 35.4 Å². The molecule has 0 aliphatic carbocycles. The summed E-state index contributed by atoms with van der Waals surface area (Å²) in [4.78, 5) is 31.4. The molecule has 0 bridgehead atoms. The Bertz CT molecular complexity index is 1140. The van der Waals surface area contributed by atoms with Crippen LogP contribution in [0.4, 0.5) is 0 Å². The minimum absolute atomic E-state index is 0.121. The molecule has 4 aromatic rings. The molecule has 2 aromatic heterocycles. The van der Waals surface area contributed by atoms with Crippen LogP contribution in [-0.4, -0.2) is 32.0 Å². The number of hydrogen-bond acceptors (Lipinski definition) is 4.